The Hall–Kier alpha value is -1.07. The highest BCUT2D eigenvalue weighted by Gasteiger charge is 2.27. The molecule has 0 aliphatic heterocycles. The molecule has 0 aliphatic rings. The Balaban J connectivity index is 3.28. The van der Waals surface area contributed by atoms with Crippen molar-refractivity contribution in [3.8, 4) is 0 Å². The van der Waals surface area contributed by atoms with E-state index in [-0.39, 0.29) is 5.41 Å². The quantitative estimate of drug-likeness (QED) is 0.868. The van der Waals surface area contributed by atoms with Crippen LogP contribution in [-0.4, -0.2) is 26.3 Å². The molecule has 4 nitrogen and oxygen atoms in total. The van der Waals surface area contributed by atoms with Crippen molar-refractivity contribution in [2.24, 2.45) is 5.41 Å². The van der Waals surface area contributed by atoms with E-state index in [2.05, 4.69) is 0 Å². The Bertz CT molecular complexity index is 572. The molecule has 0 amide bonds. The molecule has 1 rings (SSSR count). The first-order chi connectivity index (χ1) is 8.45. The third-order valence-electron chi connectivity index (χ3n) is 3.03. The van der Waals surface area contributed by atoms with Gasteiger partial charge >= 0.3 is 0 Å². The van der Waals surface area contributed by atoms with Gasteiger partial charge in [-0.1, -0.05) is 20.8 Å². The summed E-state index contributed by atoms with van der Waals surface area (Å²) in [6, 6.07) is 3.33. The third-order valence-corrected chi connectivity index (χ3v) is 4.96. The van der Waals surface area contributed by atoms with E-state index < -0.39 is 10.0 Å². The first kappa shape index (κ1) is 16.0. The molecule has 19 heavy (non-hydrogen) atoms. The maximum Gasteiger partial charge on any atom is 0.243 e. The minimum absolute atomic E-state index is 0.0922. The lowest BCUT2D eigenvalue weighted by Gasteiger charge is -2.27. The highest BCUT2D eigenvalue weighted by Crippen LogP contribution is 2.26. The number of benzene rings is 1. The minimum Gasteiger partial charge on any atom is -0.399 e. The lowest BCUT2D eigenvalue weighted by molar-refractivity contribution is 0.310. The monoisotopic (exact) mass is 284 g/mol. The fourth-order valence-electron chi connectivity index (χ4n) is 2.04. The topological polar surface area (TPSA) is 63.4 Å². The first-order valence-electron chi connectivity index (χ1n) is 6.28. The van der Waals surface area contributed by atoms with E-state index in [4.69, 9.17) is 5.73 Å². The van der Waals surface area contributed by atoms with Gasteiger partial charge in [0.15, 0.2) is 0 Å². The number of hydrogen-bond acceptors (Lipinski definition) is 3. The SMILES string of the molecule is Cc1cc(N)cc(S(=O)(=O)N(C)CC(C)(C)C)c1C. The van der Waals surface area contributed by atoms with Gasteiger partial charge < -0.3 is 5.73 Å². The summed E-state index contributed by atoms with van der Waals surface area (Å²) in [5, 5.41) is 0. The summed E-state index contributed by atoms with van der Waals surface area (Å²) < 4.78 is 26.6. The number of sulfonamides is 1. The van der Waals surface area contributed by atoms with Crippen LogP contribution in [0.1, 0.15) is 31.9 Å². The molecule has 1 aromatic carbocycles. The van der Waals surface area contributed by atoms with Gasteiger partial charge in [-0.2, -0.15) is 0 Å². The molecular formula is C14H24N2O2S. The Morgan fingerprint density at radius 2 is 1.74 bits per heavy atom. The van der Waals surface area contributed by atoms with E-state index in [0.29, 0.717) is 17.1 Å². The van der Waals surface area contributed by atoms with Gasteiger partial charge in [0, 0.05) is 19.3 Å². The molecule has 5 heteroatoms. The van der Waals surface area contributed by atoms with Gasteiger partial charge in [0.1, 0.15) is 0 Å². The van der Waals surface area contributed by atoms with Crippen molar-refractivity contribution < 1.29 is 8.42 Å². The molecular weight excluding hydrogens is 260 g/mol. The average Bonchev–Trinajstić information content (AvgIpc) is 2.20. The summed E-state index contributed by atoms with van der Waals surface area (Å²) in [5.41, 5.74) is 7.81. The predicted molar refractivity (Wildman–Crippen MR) is 79.6 cm³/mol. The van der Waals surface area contributed by atoms with E-state index in [1.807, 2.05) is 34.6 Å². The third kappa shape index (κ3) is 3.70. The predicted octanol–water partition coefficient (Wildman–Crippen LogP) is 2.55. The smallest absolute Gasteiger partial charge is 0.243 e. The molecule has 0 radical (unpaired) electrons. The van der Waals surface area contributed by atoms with Gasteiger partial charge in [0.05, 0.1) is 4.90 Å². The second-order valence-electron chi connectivity index (χ2n) is 6.28. The molecule has 108 valence electrons. The van der Waals surface area contributed by atoms with Crippen molar-refractivity contribution in [1.82, 2.24) is 4.31 Å². The molecule has 0 fully saturated rings. The van der Waals surface area contributed by atoms with Crippen molar-refractivity contribution in [2.45, 2.75) is 39.5 Å². The zero-order chi connectivity index (χ0) is 15.0. The Morgan fingerprint density at radius 1 is 1.21 bits per heavy atom. The van der Waals surface area contributed by atoms with Crippen molar-refractivity contribution >= 4 is 15.7 Å². The van der Waals surface area contributed by atoms with Crippen LogP contribution in [-0.2, 0) is 10.0 Å². The number of rotatable bonds is 3. The normalized spacial score (nSPS) is 13.0. The zero-order valence-corrected chi connectivity index (χ0v) is 13.4. The van der Waals surface area contributed by atoms with Crippen LogP contribution in [0.2, 0.25) is 0 Å². The summed E-state index contributed by atoms with van der Waals surface area (Å²) in [5.74, 6) is 0. The highest BCUT2D eigenvalue weighted by atomic mass is 32.2. The summed E-state index contributed by atoms with van der Waals surface area (Å²) >= 11 is 0. The molecule has 0 saturated carbocycles. The molecule has 0 aromatic heterocycles. The van der Waals surface area contributed by atoms with Crippen molar-refractivity contribution in [1.29, 1.82) is 0 Å². The number of nitrogens with two attached hydrogens (primary N) is 1. The van der Waals surface area contributed by atoms with E-state index in [9.17, 15) is 8.42 Å². The maximum atomic E-state index is 12.6. The molecule has 1 aromatic rings. The van der Waals surface area contributed by atoms with Crippen LogP contribution in [0.4, 0.5) is 5.69 Å². The molecule has 0 bridgehead atoms. The summed E-state index contributed by atoms with van der Waals surface area (Å²) in [7, 11) is -1.88. The maximum absolute atomic E-state index is 12.6. The lowest BCUT2D eigenvalue weighted by atomic mass is 9.97. The van der Waals surface area contributed by atoms with E-state index in [1.165, 1.54) is 10.4 Å². The van der Waals surface area contributed by atoms with Crippen LogP contribution in [0, 0.1) is 19.3 Å². The first-order valence-corrected chi connectivity index (χ1v) is 7.72. The van der Waals surface area contributed by atoms with Crippen LogP contribution >= 0.6 is 0 Å². The highest BCUT2D eigenvalue weighted by molar-refractivity contribution is 7.89. The number of anilines is 1. The summed E-state index contributed by atoms with van der Waals surface area (Å²) in [4.78, 5) is 0.303. The number of nitrogen functional groups attached to an aromatic ring is 1. The molecule has 0 aliphatic carbocycles. The van der Waals surface area contributed by atoms with Crippen LogP contribution in [0.5, 0.6) is 0 Å². The van der Waals surface area contributed by atoms with Gasteiger partial charge in [-0.25, -0.2) is 12.7 Å². The van der Waals surface area contributed by atoms with Crippen LogP contribution in [0.15, 0.2) is 17.0 Å². The Morgan fingerprint density at radius 3 is 2.21 bits per heavy atom. The Labute approximate surface area is 116 Å². The average molecular weight is 284 g/mol. The molecule has 0 atom stereocenters. The number of nitrogens with zero attached hydrogens (tertiary/aromatic N) is 1. The fourth-order valence-corrected chi connectivity index (χ4v) is 3.77. The molecule has 0 saturated heterocycles. The van der Waals surface area contributed by atoms with Crippen LogP contribution in [0.3, 0.4) is 0 Å². The molecule has 0 unspecified atom stereocenters. The van der Waals surface area contributed by atoms with Gasteiger partial charge in [0.2, 0.25) is 10.0 Å². The van der Waals surface area contributed by atoms with Crippen LogP contribution in [0.25, 0.3) is 0 Å². The van der Waals surface area contributed by atoms with Crippen molar-refractivity contribution in [3.05, 3.63) is 23.3 Å². The minimum atomic E-state index is -3.49. The summed E-state index contributed by atoms with van der Waals surface area (Å²) in [6.45, 7) is 10.2. The molecule has 2 N–H and O–H groups in total. The van der Waals surface area contributed by atoms with Gasteiger partial charge in [-0.05, 0) is 42.5 Å². The second-order valence-corrected chi connectivity index (χ2v) is 8.30. The lowest BCUT2D eigenvalue weighted by Crippen LogP contribution is -2.35. The van der Waals surface area contributed by atoms with Gasteiger partial charge in [-0.3, -0.25) is 0 Å². The van der Waals surface area contributed by atoms with Crippen LogP contribution < -0.4 is 5.73 Å². The van der Waals surface area contributed by atoms with Crippen molar-refractivity contribution in [2.75, 3.05) is 19.3 Å². The molecule has 0 spiro atoms. The summed E-state index contributed by atoms with van der Waals surface area (Å²) in [6.07, 6.45) is 0. The second kappa shape index (κ2) is 5.13. The van der Waals surface area contributed by atoms with E-state index in [1.54, 1.807) is 13.1 Å². The van der Waals surface area contributed by atoms with E-state index in [0.717, 1.165) is 11.1 Å². The van der Waals surface area contributed by atoms with Gasteiger partial charge in [-0.15, -0.1) is 0 Å². The van der Waals surface area contributed by atoms with Crippen molar-refractivity contribution in [3.63, 3.8) is 0 Å². The fraction of sp³-hybridized carbons (Fsp3) is 0.571. The Kier molecular flexibility index (Phi) is 4.32. The molecule has 0 heterocycles. The largest absolute Gasteiger partial charge is 0.399 e. The zero-order valence-electron chi connectivity index (χ0n) is 12.6. The van der Waals surface area contributed by atoms with Gasteiger partial charge in [0.25, 0.3) is 0 Å². The number of aryl methyl sites for hydroxylation is 1. The van der Waals surface area contributed by atoms with E-state index >= 15 is 0 Å². The number of hydrogen-bond donors (Lipinski definition) is 1. The standard InChI is InChI=1S/C14H24N2O2S/c1-10-7-12(15)8-13(11(10)2)19(17,18)16(6)9-14(3,4)5/h7-8H,9,15H2,1-6H3.